The van der Waals surface area contributed by atoms with Crippen molar-refractivity contribution in [3.63, 3.8) is 0 Å². The summed E-state index contributed by atoms with van der Waals surface area (Å²) < 4.78 is 4.81. The number of aryl methyl sites for hydroxylation is 1. The van der Waals surface area contributed by atoms with Crippen molar-refractivity contribution in [3.05, 3.63) is 21.4 Å². The van der Waals surface area contributed by atoms with E-state index in [1.54, 1.807) is 28.0 Å². The van der Waals surface area contributed by atoms with E-state index in [9.17, 15) is 9.59 Å². The van der Waals surface area contributed by atoms with Gasteiger partial charge in [0.15, 0.2) is 0 Å². The van der Waals surface area contributed by atoms with Crippen LogP contribution in [0.25, 0.3) is 0 Å². The van der Waals surface area contributed by atoms with E-state index in [2.05, 4.69) is 13.0 Å². The summed E-state index contributed by atoms with van der Waals surface area (Å²) in [5.74, 6) is 1.33. The predicted molar refractivity (Wildman–Crippen MR) is 89.7 cm³/mol. The van der Waals surface area contributed by atoms with Gasteiger partial charge in [-0.2, -0.15) is 0 Å². The summed E-state index contributed by atoms with van der Waals surface area (Å²) >= 11 is 3.22. The number of rotatable bonds is 2. The molecule has 0 radical (unpaired) electrons. The first kappa shape index (κ1) is 15.9. The SMILES string of the molecule is COC(=O)[C@@H]1CN(C(=O)c2cc3c(s2)CC[C@@H](C)C3)CCS1. The van der Waals surface area contributed by atoms with Gasteiger partial charge in [-0.1, -0.05) is 6.92 Å². The zero-order valence-electron chi connectivity index (χ0n) is 13.0. The van der Waals surface area contributed by atoms with Crippen molar-refractivity contribution in [2.45, 2.75) is 31.4 Å². The van der Waals surface area contributed by atoms with Crippen molar-refractivity contribution in [2.75, 3.05) is 26.0 Å². The molecule has 2 atom stereocenters. The molecule has 2 aliphatic rings. The van der Waals surface area contributed by atoms with Crippen molar-refractivity contribution in [1.82, 2.24) is 4.90 Å². The molecule has 1 amide bonds. The minimum atomic E-state index is -0.252. The van der Waals surface area contributed by atoms with Gasteiger partial charge in [0, 0.05) is 23.7 Å². The monoisotopic (exact) mass is 339 g/mol. The standard InChI is InChI=1S/C16H21NO3S2/c1-10-3-4-12-11(7-10)8-13(22-12)15(18)17-5-6-21-14(9-17)16(19)20-2/h8,10,14H,3-7,9H2,1-2H3/t10-,14+/m1/s1. The van der Waals surface area contributed by atoms with Crippen LogP contribution in [0.4, 0.5) is 0 Å². The number of carbonyl (C=O) groups is 2. The summed E-state index contributed by atoms with van der Waals surface area (Å²) in [7, 11) is 1.40. The molecular weight excluding hydrogens is 318 g/mol. The predicted octanol–water partition coefficient (Wildman–Crippen LogP) is 2.60. The lowest BCUT2D eigenvalue weighted by atomic mass is 9.90. The van der Waals surface area contributed by atoms with Gasteiger partial charge < -0.3 is 9.64 Å². The lowest BCUT2D eigenvalue weighted by Crippen LogP contribution is -2.44. The number of hydrogen-bond acceptors (Lipinski definition) is 5. The normalized spacial score (nSPS) is 24.7. The summed E-state index contributed by atoms with van der Waals surface area (Å²) in [6, 6.07) is 2.08. The molecule has 0 saturated carbocycles. The third-order valence-corrected chi connectivity index (χ3v) is 6.74. The molecule has 22 heavy (non-hydrogen) atoms. The van der Waals surface area contributed by atoms with Crippen LogP contribution in [0.2, 0.25) is 0 Å². The quantitative estimate of drug-likeness (QED) is 0.777. The molecule has 6 heteroatoms. The summed E-state index contributed by atoms with van der Waals surface area (Å²) in [6.45, 7) is 3.43. The van der Waals surface area contributed by atoms with Gasteiger partial charge in [-0.3, -0.25) is 9.59 Å². The lowest BCUT2D eigenvalue weighted by molar-refractivity contribution is -0.140. The zero-order chi connectivity index (χ0) is 15.7. The summed E-state index contributed by atoms with van der Waals surface area (Å²) in [4.78, 5) is 28.4. The Labute approximate surface area is 139 Å². The number of thiophene rings is 1. The fraction of sp³-hybridized carbons (Fsp3) is 0.625. The van der Waals surface area contributed by atoms with Gasteiger partial charge >= 0.3 is 5.97 Å². The Kier molecular flexibility index (Phi) is 4.78. The Morgan fingerprint density at radius 1 is 1.41 bits per heavy atom. The van der Waals surface area contributed by atoms with E-state index in [-0.39, 0.29) is 17.1 Å². The molecule has 120 valence electrons. The smallest absolute Gasteiger partial charge is 0.320 e. The maximum Gasteiger partial charge on any atom is 0.320 e. The second kappa shape index (κ2) is 6.62. The lowest BCUT2D eigenvalue weighted by Gasteiger charge is -2.30. The van der Waals surface area contributed by atoms with Crippen LogP contribution in [0, 0.1) is 5.92 Å². The molecule has 0 N–H and O–H groups in total. The molecule has 1 aromatic rings. The van der Waals surface area contributed by atoms with Crippen LogP contribution >= 0.6 is 23.1 Å². The van der Waals surface area contributed by atoms with Gasteiger partial charge in [-0.25, -0.2) is 0 Å². The van der Waals surface area contributed by atoms with Gasteiger partial charge in [0.2, 0.25) is 0 Å². The zero-order valence-corrected chi connectivity index (χ0v) is 14.6. The average Bonchev–Trinajstić information content (AvgIpc) is 2.96. The van der Waals surface area contributed by atoms with Crippen LogP contribution in [0.15, 0.2) is 6.07 Å². The number of fused-ring (bicyclic) bond motifs is 1. The van der Waals surface area contributed by atoms with E-state index in [4.69, 9.17) is 4.74 Å². The number of carbonyl (C=O) groups excluding carboxylic acids is 2. The minimum Gasteiger partial charge on any atom is -0.468 e. The maximum atomic E-state index is 12.7. The minimum absolute atomic E-state index is 0.0706. The van der Waals surface area contributed by atoms with E-state index in [0.29, 0.717) is 19.0 Å². The Hall–Kier alpha value is -1.01. The van der Waals surface area contributed by atoms with E-state index < -0.39 is 0 Å². The number of methoxy groups -OCH3 is 1. The Balaban J connectivity index is 1.72. The second-order valence-electron chi connectivity index (χ2n) is 6.04. The van der Waals surface area contributed by atoms with Gasteiger partial charge in [0.05, 0.1) is 12.0 Å². The van der Waals surface area contributed by atoms with Crippen molar-refractivity contribution >= 4 is 35.0 Å². The first-order valence-corrected chi connectivity index (χ1v) is 9.55. The van der Waals surface area contributed by atoms with Crippen molar-refractivity contribution < 1.29 is 14.3 Å². The number of esters is 1. The molecule has 1 aromatic heterocycles. The number of thioether (sulfide) groups is 1. The molecule has 1 aliphatic carbocycles. The first-order valence-electron chi connectivity index (χ1n) is 7.68. The molecule has 0 aromatic carbocycles. The summed E-state index contributed by atoms with van der Waals surface area (Å²) in [5, 5.41) is -0.252. The summed E-state index contributed by atoms with van der Waals surface area (Å²) in [6.07, 6.45) is 3.39. The molecule has 0 spiro atoms. The van der Waals surface area contributed by atoms with E-state index in [0.717, 1.165) is 23.5 Å². The molecule has 1 fully saturated rings. The average molecular weight is 339 g/mol. The van der Waals surface area contributed by atoms with Crippen LogP contribution in [0.1, 0.15) is 33.5 Å². The summed E-state index contributed by atoms with van der Waals surface area (Å²) in [5.41, 5.74) is 1.35. The third kappa shape index (κ3) is 3.18. The van der Waals surface area contributed by atoms with Crippen molar-refractivity contribution in [1.29, 1.82) is 0 Å². The first-order chi connectivity index (χ1) is 10.6. The fourth-order valence-electron chi connectivity index (χ4n) is 3.07. The molecule has 1 saturated heterocycles. The van der Waals surface area contributed by atoms with Crippen molar-refractivity contribution in [3.8, 4) is 0 Å². The Morgan fingerprint density at radius 3 is 3.00 bits per heavy atom. The number of ether oxygens (including phenoxy) is 1. The van der Waals surface area contributed by atoms with Crippen LogP contribution in [-0.4, -0.2) is 48.0 Å². The van der Waals surface area contributed by atoms with Gasteiger partial charge in [0.25, 0.3) is 5.91 Å². The van der Waals surface area contributed by atoms with Crippen molar-refractivity contribution in [2.24, 2.45) is 5.92 Å². The highest BCUT2D eigenvalue weighted by atomic mass is 32.2. The highest BCUT2D eigenvalue weighted by Crippen LogP contribution is 2.33. The highest BCUT2D eigenvalue weighted by molar-refractivity contribution is 8.00. The van der Waals surface area contributed by atoms with Gasteiger partial charge in [0.1, 0.15) is 5.25 Å². The fourth-order valence-corrected chi connectivity index (χ4v) is 5.38. The van der Waals surface area contributed by atoms with Crippen LogP contribution in [0.5, 0.6) is 0 Å². The number of nitrogens with zero attached hydrogens (tertiary/aromatic N) is 1. The second-order valence-corrected chi connectivity index (χ2v) is 8.49. The molecule has 1 aliphatic heterocycles. The van der Waals surface area contributed by atoms with Gasteiger partial charge in [-0.05, 0) is 36.8 Å². The van der Waals surface area contributed by atoms with Gasteiger partial charge in [-0.15, -0.1) is 23.1 Å². The number of amides is 1. The molecule has 3 rings (SSSR count). The molecule has 0 bridgehead atoms. The number of hydrogen-bond donors (Lipinski definition) is 0. The molecule has 0 unspecified atom stereocenters. The third-order valence-electron chi connectivity index (χ3n) is 4.36. The van der Waals surface area contributed by atoms with Crippen LogP contribution in [0.3, 0.4) is 0 Å². The van der Waals surface area contributed by atoms with E-state index in [1.807, 2.05) is 0 Å². The Morgan fingerprint density at radius 2 is 2.23 bits per heavy atom. The highest BCUT2D eigenvalue weighted by Gasteiger charge is 2.31. The Bertz CT molecular complexity index is 584. The largest absolute Gasteiger partial charge is 0.468 e. The van der Waals surface area contributed by atoms with E-state index in [1.165, 1.54) is 24.0 Å². The topological polar surface area (TPSA) is 46.6 Å². The maximum absolute atomic E-state index is 12.7. The molecule has 2 heterocycles. The molecular formula is C16H21NO3S2. The van der Waals surface area contributed by atoms with Crippen LogP contribution < -0.4 is 0 Å². The van der Waals surface area contributed by atoms with E-state index >= 15 is 0 Å². The van der Waals surface area contributed by atoms with Crippen LogP contribution in [-0.2, 0) is 22.4 Å². The molecule has 4 nitrogen and oxygen atoms in total.